The third-order valence-electron chi connectivity index (χ3n) is 2.67. The van der Waals surface area contributed by atoms with Crippen LogP contribution >= 0.6 is 15.9 Å². The summed E-state index contributed by atoms with van der Waals surface area (Å²) >= 11 is 3.36. The lowest BCUT2D eigenvalue weighted by molar-refractivity contribution is -0.137. The van der Waals surface area contributed by atoms with Crippen LogP contribution in [0.2, 0.25) is 0 Å². The monoisotopic (exact) mass is 357 g/mol. The second-order valence-corrected chi connectivity index (χ2v) is 5.16. The zero-order valence-corrected chi connectivity index (χ0v) is 12.5. The van der Waals surface area contributed by atoms with Crippen LogP contribution in [0.1, 0.15) is 18.1 Å². The van der Waals surface area contributed by atoms with E-state index in [0.29, 0.717) is 5.71 Å². The topological polar surface area (TPSA) is 37.3 Å². The molecule has 1 aromatic heterocycles. The first-order valence-corrected chi connectivity index (χ1v) is 6.75. The minimum absolute atomic E-state index is 0.248. The van der Waals surface area contributed by atoms with E-state index in [4.69, 9.17) is 0 Å². The second kappa shape index (κ2) is 6.26. The molecule has 0 saturated heterocycles. The van der Waals surface area contributed by atoms with Gasteiger partial charge in [-0.3, -0.25) is 5.43 Å². The Bertz CT molecular complexity index is 651. The number of aromatic nitrogens is 1. The predicted octanol–water partition coefficient (Wildman–Crippen LogP) is 4.70. The Morgan fingerprint density at radius 3 is 2.57 bits per heavy atom. The molecule has 2 rings (SSSR count). The van der Waals surface area contributed by atoms with Gasteiger partial charge in [-0.25, -0.2) is 4.98 Å². The molecule has 0 aliphatic carbocycles. The van der Waals surface area contributed by atoms with Crippen molar-refractivity contribution >= 4 is 27.5 Å². The Morgan fingerprint density at radius 1 is 1.24 bits per heavy atom. The summed E-state index contributed by atoms with van der Waals surface area (Å²) < 4.78 is 38.1. The van der Waals surface area contributed by atoms with Gasteiger partial charge in [-0.1, -0.05) is 28.1 Å². The lowest BCUT2D eigenvalue weighted by atomic mass is 10.1. The SMILES string of the molecule is C/C(=N/Nc1ccc(C(F)(F)F)cn1)c1cccc(Br)c1. The summed E-state index contributed by atoms with van der Waals surface area (Å²) in [6.07, 6.45) is -3.62. The molecule has 7 heteroatoms. The van der Waals surface area contributed by atoms with Gasteiger partial charge < -0.3 is 0 Å². The average Bonchev–Trinajstić information content (AvgIpc) is 2.44. The van der Waals surface area contributed by atoms with Crippen LogP contribution in [-0.4, -0.2) is 10.7 Å². The van der Waals surface area contributed by atoms with Crippen LogP contribution in [-0.2, 0) is 6.18 Å². The molecule has 0 saturated carbocycles. The van der Waals surface area contributed by atoms with Crippen molar-refractivity contribution in [2.24, 2.45) is 5.10 Å². The maximum atomic E-state index is 12.4. The van der Waals surface area contributed by atoms with E-state index >= 15 is 0 Å². The van der Waals surface area contributed by atoms with Crippen molar-refractivity contribution in [1.82, 2.24) is 4.98 Å². The molecule has 1 aromatic carbocycles. The molecule has 0 radical (unpaired) electrons. The molecule has 110 valence electrons. The first-order valence-electron chi connectivity index (χ1n) is 5.96. The predicted molar refractivity (Wildman–Crippen MR) is 79.2 cm³/mol. The van der Waals surface area contributed by atoms with Gasteiger partial charge in [0.2, 0.25) is 0 Å². The fraction of sp³-hybridized carbons (Fsp3) is 0.143. The number of nitrogens with zero attached hydrogens (tertiary/aromatic N) is 2. The van der Waals surface area contributed by atoms with Crippen LogP contribution < -0.4 is 5.43 Å². The summed E-state index contributed by atoms with van der Waals surface area (Å²) in [6.45, 7) is 1.79. The van der Waals surface area contributed by atoms with Crippen LogP contribution in [0.4, 0.5) is 19.0 Å². The Kier molecular flexibility index (Phi) is 4.62. The van der Waals surface area contributed by atoms with Crippen molar-refractivity contribution < 1.29 is 13.2 Å². The van der Waals surface area contributed by atoms with Crippen molar-refractivity contribution in [3.8, 4) is 0 Å². The molecule has 1 heterocycles. The Labute approximate surface area is 128 Å². The second-order valence-electron chi connectivity index (χ2n) is 4.25. The van der Waals surface area contributed by atoms with Crippen molar-refractivity contribution in [1.29, 1.82) is 0 Å². The molecule has 2 aromatic rings. The van der Waals surface area contributed by atoms with Crippen LogP contribution in [0.3, 0.4) is 0 Å². The highest BCUT2D eigenvalue weighted by Gasteiger charge is 2.30. The highest BCUT2D eigenvalue weighted by Crippen LogP contribution is 2.28. The Balaban J connectivity index is 2.10. The van der Waals surface area contributed by atoms with E-state index in [9.17, 15) is 13.2 Å². The number of hydrazone groups is 1. The molecule has 0 atom stereocenters. The van der Waals surface area contributed by atoms with E-state index < -0.39 is 11.7 Å². The summed E-state index contributed by atoms with van der Waals surface area (Å²) in [5.41, 5.74) is 3.43. The van der Waals surface area contributed by atoms with Crippen LogP contribution in [0.5, 0.6) is 0 Å². The standard InChI is InChI=1S/C14H11BrF3N3/c1-9(10-3-2-4-12(15)7-10)20-21-13-6-5-11(8-19-13)14(16,17)18/h2-8H,1H3,(H,19,21)/b20-9-. The molecular weight excluding hydrogens is 347 g/mol. The molecule has 1 N–H and O–H groups in total. The van der Waals surface area contributed by atoms with Gasteiger partial charge in [-0.05, 0) is 36.8 Å². The van der Waals surface area contributed by atoms with Crippen LogP contribution in [0, 0.1) is 0 Å². The Morgan fingerprint density at radius 2 is 2.00 bits per heavy atom. The Hall–Kier alpha value is -1.89. The van der Waals surface area contributed by atoms with Crippen LogP contribution in [0.25, 0.3) is 0 Å². The first-order chi connectivity index (χ1) is 9.86. The van der Waals surface area contributed by atoms with E-state index in [1.165, 1.54) is 6.07 Å². The molecule has 0 aliphatic heterocycles. The largest absolute Gasteiger partial charge is 0.417 e. The first kappa shape index (κ1) is 15.5. The molecular formula is C14H11BrF3N3. The minimum atomic E-state index is -4.39. The van der Waals surface area contributed by atoms with Gasteiger partial charge >= 0.3 is 6.18 Å². The molecule has 0 bridgehead atoms. The highest BCUT2D eigenvalue weighted by molar-refractivity contribution is 9.10. The number of alkyl halides is 3. The number of nitrogens with one attached hydrogen (secondary N) is 1. The van der Waals surface area contributed by atoms with Crippen molar-refractivity contribution in [3.05, 3.63) is 58.2 Å². The molecule has 0 spiro atoms. The number of anilines is 1. The van der Waals surface area contributed by atoms with E-state index in [-0.39, 0.29) is 5.82 Å². The quantitative estimate of drug-likeness (QED) is 0.638. The normalized spacial score (nSPS) is 12.3. The smallest absolute Gasteiger partial charge is 0.261 e. The summed E-state index contributed by atoms with van der Waals surface area (Å²) in [4.78, 5) is 3.68. The molecule has 0 aliphatic rings. The number of halogens is 4. The number of hydrogen-bond acceptors (Lipinski definition) is 3. The van der Waals surface area contributed by atoms with Gasteiger partial charge in [0, 0.05) is 10.7 Å². The van der Waals surface area contributed by atoms with Crippen molar-refractivity contribution in [2.75, 3.05) is 5.43 Å². The molecule has 0 fully saturated rings. The highest BCUT2D eigenvalue weighted by atomic mass is 79.9. The van der Waals surface area contributed by atoms with Crippen molar-refractivity contribution in [3.63, 3.8) is 0 Å². The average molecular weight is 358 g/mol. The third-order valence-corrected chi connectivity index (χ3v) is 3.16. The molecule has 0 amide bonds. The van der Waals surface area contributed by atoms with Crippen LogP contribution in [0.15, 0.2) is 52.2 Å². The molecule has 0 unspecified atom stereocenters. The third kappa shape index (κ3) is 4.29. The van der Waals surface area contributed by atoms with E-state index in [1.807, 2.05) is 24.3 Å². The minimum Gasteiger partial charge on any atom is -0.261 e. The summed E-state index contributed by atoms with van der Waals surface area (Å²) in [7, 11) is 0. The van der Waals surface area contributed by atoms with Gasteiger partial charge in [0.1, 0.15) is 5.82 Å². The van der Waals surface area contributed by atoms with E-state index in [2.05, 4.69) is 31.4 Å². The molecule has 21 heavy (non-hydrogen) atoms. The van der Waals surface area contributed by atoms with Gasteiger partial charge in [0.25, 0.3) is 0 Å². The van der Waals surface area contributed by atoms with E-state index in [1.54, 1.807) is 6.92 Å². The number of benzene rings is 1. The lowest BCUT2D eigenvalue weighted by Crippen LogP contribution is -2.06. The number of hydrogen-bond donors (Lipinski definition) is 1. The number of pyridine rings is 1. The summed E-state index contributed by atoms with van der Waals surface area (Å²) in [5, 5.41) is 4.10. The fourth-order valence-electron chi connectivity index (χ4n) is 1.55. The molecule has 3 nitrogen and oxygen atoms in total. The van der Waals surface area contributed by atoms with Gasteiger partial charge in [0.15, 0.2) is 0 Å². The van der Waals surface area contributed by atoms with E-state index in [0.717, 1.165) is 22.3 Å². The maximum absolute atomic E-state index is 12.4. The van der Waals surface area contributed by atoms with Gasteiger partial charge in [0.05, 0.1) is 11.3 Å². The van der Waals surface area contributed by atoms with Gasteiger partial charge in [-0.15, -0.1) is 0 Å². The zero-order chi connectivity index (χ0) is 15.5. The maximum Gasteiger partial charge on any atom is 0.417 e. The number of rotatable bonds is 3. The fourth-order valence-corrected chi connectivity index (χ4v) is 1.95. The van der Waals surface area contributed by atoms with Crippen molar-refractivity contribution in [2.45, 2.75) is 13.1 Å². The summed E-state index contributed by atoms with van der Waals surface area (Å²) in [6, 6.07) is 9.72. The zero-order valence-electron chi connectivity index (χ0n) is 10.9. The summed E-state index contributed by atoms with van der Waals surface area (Å²) in [5.74, 6) is 0.248. The lowest BCUT2D eigenvalue weighted by Gasteiger charge is -2.07. The van der Waals surface area contributed by atoms with Gasteiger partial charge in [-0.2, -0.15) is 18.3 Å².